The minimum atomic E-state index is -4.46. The second-order valence-corrected chi connectivity index (χ2v) is 7.95. The molecule has 0 saturated heterocycles. The lowest BCUT2D eigenvalue weighted by Crippen LogP contribution is -2.37. The summed E-state index contributed by atoms with van der Waals surface area (Å²) in [5.41, 5.74) is 8.07. The van der Waals surface area contributed by atoms with Crippen LogP contribution in [0.4, 0.5) is 19.0 Å². The molecule has 4 heterocycles. The van der Waals surface area contributed by atoms with Gasteiger partial charge in [0.2, 0.25) is 0 Å². The maximum absolute atomic E-state index is 13.3. The van der Waals surface area contributed by atoms with Gasteiger partial charge in [0, 0.05) is 7.05 Å². The van der Waals surface area contributed by atoms with Gasteiger partial charge in [-0.05, 0) is 36.2 Å². The van der Waals surface area contributed by atoms with Gasteiger partial charge >= 0.3 is 6.18 Å². The highest BCUT2D eigenvalue weighted by Crippen LogP contribution is 2.39. The number of likely N-dealkylation sites (N-methyl/N-ethyl adjacent to an activating group) is 1. The molecular weight excluding hydrogens is 437 g/mol. The molecule has 11 heteroatoms. The Morgan fingerprint density at radius 2 is 2.00 bits per heavy atom. The van der Waals surface area contributed by atoms with E-state index in [1.807, 2.05) is 0 Å². The highest BCUT2D eigenvalue weighted by atomic mass is 19.4. The number of imidazole rings is 1. The zero-order valence-corrected chi connectivity index (χ0v) is 17.7. The molecule has 1 aliphatic rings. The first kappa shape index (κ1) is 21.1. The molecule has 0 spiro atoms. The molecule has 0 saturated carbocycles. The SMILES string of the molecule is CC1OC[C@@H](N(C)C(=O)c2cc3c(cn2)nc(N)c2cncn23)c2ccc(C(F)(F)F)cc21. The number of anilines is 1. The number of rotatable bonds is 2. The van der Waals surface area contributed by atoms with Gasteiger partial charge in [-0.3, -0.25) is 9.20 Å². The van der Waals surface area contributed by atoms with Gasteiger partial charge in [0.15, 0.2) is 0 Å². The number of carbonyl (C=O) groups excluding carboxylic acids is 1. The number of halogens is 3. The molecule has 8 nitrogen and oxygen atoms in total. The van der Waals surface area contributed by atoms with Crippen LogP contribution in [0.15, 0.2) is 43.0 Å². The van der Waals surface area contributed by atoms with Crippen LogP contribution in [0.25, 0.3) is 16.6 Å². The number of fused-ring (bicyclic) bond motifs is 4. The van der Waals surface area contributed by atoms with E-state index in [0.717, 1.165) is 12.1 Å². The van der Waals surface area contributed by atoms with Crippen LogP contribution in [0, 0.1) is 0 Å². The van der Waals surface area contributed by atoms with E-state index in [2.05, 4.69) is 15.0 Å². The molecule has 0 fully saturated rings. The van der Waals surface area contributed by atoms with Crippen molar-refractivity contribution in [2.75, 3.05) is 19.4 Å². The Balaban J connectivity index is 1.52. The molecule has 0 aliphatic carbocycles. The summed E-state index contributed by atoms with van der Waals surface area (Å²) >= 11 is 0. The molecule has 33 heavy (non-hydrogen) atoms. The van der Waals surface area contributed by atoms with Crippen LogP contribution in [0.3, 0.4) is 0 Å². The van der Waals surface area contributed by atoms with E-state index in [-0.39, 0.29) is 12.3 Å². The van der Waals surface area contributed by atoms with Gasteiger partial charge in [-0.15, -0.1) is 0 Å². The maximum Gasteiger partial charge on any atom is 0.416 e. The molecular formula is C22H19F3N6O2. The van der Waals surface area contributed by atoms with Crippen molar-refractivity contribution < 1.29 is 22.7 Å². The second-order valence-electron chi connectivity index (χ2n) is 7.95. The molecule has 3 aromatic heterocycles. The Labute approximate surface area is 185 Å². The number of hydrogen-bond acceptors (Lipinski definition) is 6. The molecule has 1 unspecified atom stereocenters. The van der Waals surface area contributed by atoms with Crippen molar-refractivity contribution in [2.24, 2.45) is 0 Å². The number of aromatic nitrogens is 4. The lowest BCUT2D eigenvalue weighted by molar-refractivity contribution is -0.137. The number of nitrogens with two attached hydrogens (primary N) is 1. The van der Waals surface area contributed by atoms with Crippen molar-refractivity contribution >= 4 is 28.3 Å². The first-order valence-electron chi connectivity index (χ1n) is 10.1. The average Bonchev–Trinajstić information content (AvgIpc) is 3.29. The standard InChI is InChI=1S/C22H19F3N6O2/c1-11-14-5-12(22(23,24)25)3-4-13(14)19(9-33-11)30(2)21(32)15-6-17-16(7-28-15)29-20(26)18-8-27-10-31(17)18/h3-8,10-11,19H,9H2,1-2H3,(H2,26,29)/t11?,19-/m1/s1. The lowest BCUT2D eigenvalue weighted by atomic mass is 9.92. The predicted octanol–water partition coefficient (Wildman–Crippen LogP) is 3.78. The van der Waals surface area contributed by atoms with Gasteiger partial charge in [-0.2, -0.15) is 13.2 Å². The molecule has 2 N–H and O–H groups in total. The molecule has 2 atom stereocenters. The van der Waals surface area contributed by atoms with Gasteiger partial charge in [0.05, 0.1) is 48.6 Å². The molecule has 1 aliphatic heterocycles. The summed E-state index contributed by atoms with van der Waals surface area (Å²) in [4.78, 5) is 27.4. The topological polar surface area (TPSA) is 98.6 Å². The quantitative estimate of drug-likeness (QED) is 0.493. The summed E-state index contributed by atoms with van der Waals surface area (Å²) < 4.78 is 47.0. The van der Waals surface area contributed by atoms with E-state index < -0.39 is 29.8 Å². The van der Waals surface area contributed by atoms with Crippen LogP contribution in [0.2, 0.25) is 0 Å². The van der Waals surface area contributed by atoms with E-state index in [1.54, 1.807) is 37.0 Å². The van der Waals surface area contributed by atoms with E-state index in [0.29, 0.717) is 33.5 Å². The average molecular weight is 456 g/mol. The van der Waals surface area contributed by atoms with Crippen molar-refractivity contribution in [3.05, 3.63) is 65.4 Å². The third-order valence-electron chi connectivity index (χ3n) is 5.99. The Hall–Kier alpha value is -3.73. The largest absolute Gasteiger partial charge is 0.416 e. The Bertz CT molecular complexity index is 1400. The fourth-order valence-electron chi connectivity index (χ4n) is 4.16. The van der Waals surface area contributed by atoms with E-state index in [9.17, 15) is 18.0 Å². The van der Waals surface area contributed by atoms with E-state index in [1.165, 1.54) is 17.2 Å². The minimum Gasteiger partial charge on any atom is -0.382 e. The van der Waals surface area contributed by atoms with Gasteiger partial charge in [0.25, 0.3) is 5.91 Å². The number of nitrogen functional groups attached to an aromatic ring is 1. The third kappa shape index (κ3) is 3.44. The van der Waals surface area contributed by atoms with Gasteiger partial charge in [-0.25, -0.2) is 15.0 Å². The minimum absolute atomic E-state index is 0.152. The van der Waals surface area contributed by atoms with Crippen LogP contribution >= 0.6 is 0 Å². The molecule has 1 aromatic carbocycles. The Kier molecular flexibility index (Phi) is 4.74. The lowest BCUT2D eigenvalue weighted by Gasteiger charge is -2.36. The van der Waals surface area contributed by atoms with Crippen LogP contribution in [0.1, 0.15) is 46.2 Å². The fourth-order valence-corrected chi connectivity index (χ4v) is 4.16. The van der Waals surface area contributed by atoms with E-state index >= 15 is 0 Å². The first-order valence-corrected chi connectivity index (χ1v) is 10.1. The number of alkyl halides is 3. The van der Waals surface area contributed by atoms with Crippen LogP contribution < -0.4 is 5.73 Å². The Morgan fingerprint density at radius 1 is 1.21 bits per heavy atom. The highest BCUT2D eigenvalue weighted by Gasteiger charge is 2.36. The molecule has 170 valence electrons. The van der Waals surface area contributed by atoms with Crippen LogP contribution in [-0.4, -0.2) is 43.8 Å². The Morgan fingerprint density at radius 3 is 2.76 bits per heavy atom. The van der Waals surface area contributed by atoms with Gasteiger partial charge < -0.3 is 15.4 Å². The van der Waals surface area contributed by atoms with Crippen molar-refractivity contribution in [3.8, 4) is 0 Å². The summed E-state index contributed by atoms with van der Waals surface area (Å²) in [5, 5.41) is 0. The summed E-state index contributed by atoms with van der Waals surface area (Å²) in [6.07, 6.45) is -0.392. The zero-order valence-electron chi connectivity index (χ0n) is 17.7. The van der Waals surface area contributed by atoms with Crippen molar-refractivity contribution in [3.63, 3.8) is 0 Å². The maximum atomic E-state index is 13.3. The van der Waals surface area contributed by atoms with Crippen LogP contribution in [0.5, 0.6) is 0 Å². The molecule has 0 bridgehead atoms. The zero-order chi connectivity index (χ0) is 23.5. The number of hydrogen-bond donors (Lipinski definition) is 1. The van der Waals surface area contributed by atoms with Gasteiger partial charge in [0.1, 0.15) is 22.5 Å². The normalized spacial score (nSPS) is 18.5. The smallest absolute Gasteiger partial charge is 0.382 e. The fraction of sp³-hybridized carbons (Fsp3) is 0.273. The summed E-state index contributed by atoms with van der Waals surface area (Å²) in [7, 11) is 1.58. The number of pyridine rings is 1. The summed E-state index contributed by atoms with van der Waals surface area (Å²) in [6, 6.07) is 4.56. The highest BCUT2D eigenvalue weighted by molar-refractivity contribution is 5.96. The molecule has 0 radical (unpaired) electrons. The predicted molar refractivity (Wildman–Crippen MR) is 113 cm³/mol. The number of benzene rings is 1. The first-order chi connectivity index (χ1) is 15.6. The van der Waals surface area contributed by atoms with Crippen molar-refractivity contribution in [2.45, 2.75) is 25.2 Å². The number of ether oxygens (including phenoxy) is 1. The number of carbonyl (C=O) groups is 1. The summed E-state index contributed by atoms with van der Waals surface area (Å²) in [5.74, 6) is -0.114. The van der Waals surface area contributed by atoms with Gasteiger partial charge in [-0.1, -0.05) is 6.07 Å². The van der Waals surface area contributed by atoms with E-state index in [4.69, 9.17) is 10.5 Å². The second kappa shape index (κ2) is 7.41. The molecule has 5 rings (SSSR count). The molecule has 4 aromatic rings. The van der Waals surface area contributed by atoms with Crippen molar-refractivity contribution in [1.82, 2.24) is 24.3 Å². The summed E-state index contributed by atoms with van der Waals surface area (Å²) in [6.45, 7) is 1.84. The number of nitrogens with zero attached hydrogens (tertiary/aromatic N) is 5. The van der Waals surface area contributed by atoms with Crippen molar-refractivity contribution in [1.29, 1.82) is 0 Å². The van der Waals surface area contributed by atoms with Crippen LogP contribution in [-0.2, 0) is 10.9 Å². The third-order valence-corrected chi connectivity index (χ3v) is 5.99. The monoisotopic (exact) mass is 456 g/mol. The molecule has 1 amide bonds. The number of amides is 1.